The molecule has 7 nitrogen and oxygen atoms in total. The Kier molecular flexibility index (Phi) is 8.11. The average molecular weight is 405 g/mol. The summed E-state index contributed by atoms with van der Waals surface area (Å²) in [6.45, 7) is 4.92. The maximum absolute atomic E-state index is 5.91. The molecule has 28 heavy (non-hydrogen) atoms. The molecule has 1 saturated heterocycles. The maximum atomic E-state index is 5.91. The van der Waals surface area contributed by atoms with Crippen LogP contribution in [0.4, 0.5) is 0 Å². The molecule has 8 heteroatoms. The molecule has 0 amide bonds. The predicted octanol–water partition coefficient (Wildman–Crippen LogP) is 3.32. The molecule has 0 atom stereocenters. The molecule has 0 aliphatic carbocycles. The lowest BCUT2D eigenvalue weighted by molar-refractivity contribution is 0.282. The summed E-state index contributed by atoms with van der Waals surface area (Å²) in [5.41, 5.74) is 0.871. The number of benzene rings is 1. The second kappa shape index (κ2) is 11.0. The number of halogens is 1. The Morgan fingerprint density at radius 1 is 1.14 bits per heavy atom. The number of likely N-dealkylation sites (tertiary alicyclic amines) is 1. The molecule has 2 N–H and O–H groups in total. The van der Waals surface area contributed by atoms with E-state index in [-0.39, 0.29) is 0 Å². The lowest BCUT2D eigenvalue weighted by atomic mass is 10.2. The van der Waals surface area contributed by atoms with Gasteiger partial charge in [0.25, 0.3) is 0 Å². The summed E-state index contributed by atoms with van der Waals surface area (Å²) in [6, 6.07) is 7.36. The van der Waals surface area contributed by atoms with Gasteiger partial charge in [0, 0.05) is 24.2 Å². The molecule has 2 heterocycles. The largest absolute Gasteiger partial charge is 0.356 e. The van der Waals surface area contributed by atoms with Gasteiger partial charge in [0.05, 0.1) is 6.54 Å². The van der Waals surface area contributed by atoms with Crippen LogP contribution in [-0.4, -0.2) is 54.2 Å². The molecule has 1 aromatic carbocycles. The monoisotopic (exact) mass is 404 g/mol. The highest BCUT2D eigenvalue weighted by Crippen LogP contribution is 2.18. The molecule has 0 bridgehead atoms. The smallest absolute Gasteiger partial charge is 0.246 e. The Bertz CT molecular complexity index is 737. The van der Waals surface area contributed by atoms with Gasteiger partial charge in [-0.2, -0.15) is 4.98 Å². The average Bonchev–Trinajstić information content (AvgIpc) is 3.03. The molecule has 1 aliphatic rings. The third-order valence-electron chi connectivity index (χ3n) is 4.84. The molecule has 1 fully saturated rings. The van der Waals surface area contributed by atoms with Crippen molar-refractivity contribution in [3.8, 4) is 11.4 Å². The van der Waals surface area contributed by atoms with Gasteiger partial charge < -0.3 is 20.1 Å². The molecule has 2 aromatic rings. The molecule has 3 rings (SSSR count). The van der Waals surface area contributed by atoms with E-state index in [1.807, 2.05) is 24.3 Å². The Balaban J connectivity index is 1.38. The molecule has 1 aliphatic heterocycles. The summed E-state index contributed by atoms with van der Waals surface area (Å²) < 4.78 is 5.31. The number of aliphatic imine (C=N–C) groups is 1. The first-order chi connectivity index (χ1) is 13.7. The summed E-state index contributed by atoms with van der Waals surface area (Å²) in [7, 11) is 1.76. The van der Waals surface area contributed by atoms with Crippen molar-refractivity contribution in [1.82, 2.24) is 25.7 Å². The molecule has 0 saturated carbocycles. The van der Waals surface area contributed by atoms with Crippen molar-refractivity contribution in [2.24, 2.45) is 4.99 Å². The van der Waals surface area contributed by atoms with Crippen molar-refractivity contribution in [3.63, 3.8) is 0 Å². The van der Waals surface area contributed by atoms with Gasteiger partial charge in [0.2, 0.25) is 11.7 Å². The highest BCUT2D eigenvalue weighted by Gasteiger charge is 2.10. The van der Waals surface area contributed by atoms with Gasteiger partial charge >= 0.3 is 0 Å². The van der Waals surface area contributed by atoms with Crippen molar-refractivity contribution in [1.29, 1.82) is 0 Å². The van der Waals surface area contributed by atoms with E-state index in [0.29, 0.717) is 23.3 Å². The fourth-order valence-corrected chi connectivity index (χ4v) is 3.42. The minimum absolute atomic E-state index is 0.423. The summed E-state index contributed by atoms with van der Waals surface area (Å²) >= 11 is 5.91. The van der Waals surface area contributed by atoms with Crippen LogP contribution >= 0.6 is 11.6 Å². The Morgan fingerprint density at radius 2 is 1.89 bits per heavy atom. The van der Waals surface area contributed by atoms with E-state index >= 15 is 0 Å². The molecule has 1 aromatic heterocycles. The van der Waals surface area contributed by atoms with E-state index in [1.165, 1.54) is 38.8 Å². The zero-order chi connectivity index (χ0) is 19.6. The van der Waals surface area contributed by atoms with E-state index < -0.39 is 0 Å². The van der Waals surface area contributed by atoms with E-state index in [1.54, 1.807) is 7.05 Å². The highest BCUT2D eigenvalue weighted by atomic mass is 35.5. The van der Waals surface area contributed by atoms with E-state index in [4.69, 9.17) is 16.1 Å². The van der Waals surface area contributed by atoms with Crippen molar-refractivity contribution in [2.75, 3.05) is 33.2 Å². The fourth-order valence-electron chi connectivity index (χ4n) is 3.29. The van der Waals surface area contributed by atoms with Crippen LogP contribution in [0.2, 0.25) is 5.02 Å². The van der Waals surface area contributed by atoms with Crippen LogP contribution in [0.1, 0.15) is 38.0 Å². The number of rotatable bonds is 7. The summed E-state index contributed by atoms with van der Waals surface area (Å²) in [5, 5.41) is 11.3. The number of nitrogens with zero attached hydrogens (tertiary/aromatic N) is 4. The van der Waals surface area contributed by atoms with Crippen LogP contribution in [-0.2, 0) is 6.54 Å². The topological polar surface area (TPSA) is 78.6 Å². The molecule has 0 spiro atoms. The number of nitrogens with one attached hydrogen (secondary N) is 2. The quantitative estimate of drug-likeness (QED) is 0.418. The van der Waals surface area contributed by atoms with Gasteiger partial charge in [-0.05, 0) is 63.2 Å². The van der Waals surface area contributed by atoms with Gasteiger partial charge in [-0.1, -0.05) is 29.6 Å². The SMILES string of the molecule is CN=C(NCCCN1CCCCCC1)NCc1nc(-c2ccc(Cl)cc2)no1. The van der Waals surface area contributed by atoms with Crippen LogP contribution in [0.3, 0.4) is 0 Å². The minimum Gasteiger partial charge on any atom is -0.356 e. The first-order valence-corrected chi connectivity index (χ1v) is 10.4. The maximum Gasteiger partial charge on any atom is 0.246 e. The van der Waals surface area contributed by atoms with Crippen LogP contribution in [0, 0.1) is 0 Å². The van der Waals surface area contributed by atoms with Gasteiger partial charge in [-0.25, -0.2) is 0 Å². The number of guanidine groups is 1. The van der Waals surface area contributed by atoms with Crippen LogP contribution < -0.4 is 10.6 Å². The van der Waals surface area contributed by atoms with Crippen molar-refractivity contribution in [3.05, 3.63) is 35.2 Å². The molecular formula is C20H29ClN6O. The molecular weight excluding hydrogens is 376 g/mol. The highest BCUT2D eigenvalue weighted by molar-refractivity contribution is 6.30. The molecule has 0 unspecified atom stereocenters. The predicted molar refractivity (Wildman–Crippen MR) is 112 cm³/mol. The van der Waals surface area contributed by atoms with Crippen LogP contribution in [0.25, 0.3) is 11.4 Å². The number of hydrogen-bond acceptors (Lipinski definition) is 5. The zero-order valence-electron chi connectivity index (χ0n) is 16.5. The third-order valence-corrected chi connectivity index (χ3v) is 5.10. The summed E-state index contributed by atoms with van der Waals surface area (Å²) in [5.74, 6) is 1.80. The Morgan fingerprint density at radius 3 is 2.61 bits per heavy atom. The van der Waals surface area contributed by atoms with E-state index in [9.17, 15) is 0 Å². The van der Waals surface area contributed by atoms with Gasteiger partial charge in [0.1, 0.15) is 0 Å². The van der Waals surface area contributed by atoms with Gasteiger partial charge in [-0.3, -0.25) is 4.99 Å². The van der Waals surface area contributed by atoms with Crippen LogP contribution in [0.15, 0.2) is 33.8 Å². The van der Waals surface area contributed by atoms with E-state index in [2.05, 4.69) is 30.7 Å². The standard InChI is InChI=1S/C20H29ClN6O/c1-22-20(23-11-6-14-27-12-4-2-3-5-13-27)24-15-18-25-19(26-28-18)16-7-9-17(21)10-8-16/h7-10H,2-6,11-15H2,1H3,(H2,22,23,24). The van der Waals surface area contributed by atoms with Crippen LogP contribution in [0.5, 0.6) is 0 Å². The second-order valence-electron chi connectivity index (χ2n) is 6.98. The summed E-state index contributed by atoms with van der Waals surface area (Å²) in [4.78, 5) is 11.2. The minimum atomic E-state index is 0.423. The summed E-state index contributed by atoms with van der Waals surface area (Å²) in [6.07, 6.45) is 6.51. The lowest BCUT2D eigenvalue weighted by Gasteiger charge is -2.19. The first kappa shape index (κ1) is 20.6. The normalized spacial score (nSPS) is 16.0. The zero-order valence-corrected chi connectivity index (χ0v) is 17.2. The third kappa shape index (κ3) is 6.49. The number of aromatic nitrogens is 2. The molecule has 152 valence electrons. The molecule has 0 radical (unpaired) electrons. The van der Waals surface area contributed by atoms with Crippen molar-refractivity contribution in [2.45, 2.75) is 38.6 Å². The van der Waals surface area contributed by atoms with Crippen molar-refractivity contribution >= 4 is 17.6 Å². The fraction of sp³-hybridized carbons (Fsp3) is 0.550. The Labute approximate surface area is 171 Å². The Hall–Kier alpha value is -2.12. The van der Waals surface area contributed by atoms with Gasteiger partial charge in [0.15, 0.2) is 5.96 Å². The number of hydrogen-bond donors (Lipinski definition) is 2. The second-order valence-corrected chi connectivity index (χ2v) is 7.42. The van der Waals surface area contributed by atoms with Gasteiger partial charge in [-0.15, -0.1) is 0 Å². The van der Waals surface area contributed by atoms with Crippen molar-refractivity contribution < 1.29 is 4.52 Å². The first-order valence-electron chi connectivity index (χ1n) is 10.00. The van der Waals surface area contributed by atoms with E-state index in [0.717, 1.165) is 31.0 Å². The lowest BCUT2D eigenvalue weighted by Crippen LogP contribution is -2.38.